The zero-order valence-corrected chi connectivity index (χ0v) is 13.5. The monoisotopic (exact) mass is 349 g/mol. The number of halogens is 2. The molecule has 0 saturated carbocycles. The van der Waals surface area contributed by atoms with Crippen LogP contribution in [-0.2, 0) is 6.54 Å². The van der Waals surface area contributed by atoms with Gasteiger partial charge in [-0.3, -0.25) is 4.57 Å². The molecule has 0 aliphatic rings. The maximum atomic E-state index is 12.3. The van der Waals surface area contributed by atoms with Gasteiger partial charge in [0, 0.05) is 25.3 Å². The Kier molecular flexibility index (Phi) is 5.08. The average Bonchev–Trinajstić information content (AvgIpc) is 2.90. The first-order valence-electron chi connectivity index (χ1n) is 7.77. The highest BCUT2D eigenvalue weighted by atomic mass is 19.3. The molecule has 3 aromatic rings. The Morgan fingerprint density at radius 3 is 2.96 bits per heavy atom. The van der Waals surface area contributed by atoms with E-state index in [1.54, 1.807) is 30.5 Å². The topological polar surface area (TPSA) is 69.3 Å². The number of benzene rings is 1. The van der Waals surface area contributed by atoms with Crippen LogP contribution in [0.2, 0.25) is 0 Å². The molecule has 0 aliphatic carbocycles. The van der Waals surface area contributed by atoms with Crippen LogP contribution in [0.5, 0.6) is 5.75 Å². The Labute approximate surface area is 142 Å². The van der Waals surface area contributed by atoms with Crippen LogP contribution in [0.1, 0.15) is 18.5 Å². The molecule has 25 heavy (non-hydrogen) atoms. The minimum absolute atomic E-state index is 0.108. The fraction of sp³-hybridized carbons (Fsp3) is 0.294. The van der Waals surface area contributed by atoms with E-state index < -0.39 is 12.4 Å². The number of aromatic nitrogens is 2. The molecule has 0 fully saturated rings. The molecule has 0 bridgehead atoms. The second-order valence-corrected chi connectivity index (χ2v) is 5.47. The van der Waals surface area contributed by atoms with Gasteiger partial charge < -0.3 is 14.5 Å². The van der Waals surface area contributed by atoms with Crippen LogP contribution in [0.15, 0.2) is 51.8 Å². The van der Waals surface area contributed by atoms with E-state index in [1.165, 1.54) is 10.6 Å². The standard InChI is InChI=1S/C17H17F2N3O3/c1-11(12-4-2-5-13(10-12)24-16(18)19)20-8-9-22-15-14(25-17(22)23)6-3-7-21-15/h2-7,10-11,16,20H,8-9H2,1H3. The van der Waals surface area contributed by atoms with Crippen LogP contribution in [0.4, 0.5) is 8.78 Å². The Balaban J connectivity index is 1.63. The van der Waals surface area contributed by atoms with Gasteiger partial charge in [-0.05, 0) is 36.8 Å². The van der Waals surface area contributed by atoms with Crippen molar-refractivity contribution in [1.82, 2.24) is 14.9 Å². The van der Waals surface area contributed by atoms with E-state index in [4.69, 9.17) is 4.42 Å². The summed E-state index contributed by atoms with van der Waals surface area (Å²) in [7, 11) is 0. The molecule has 0 spiro atoms. The molecule has 2 heterocycles. The quantitative estimate of drug-likeness (QED) is 0.710. The highest BCUT2D eigenvalue weighted by Gasteiger charge is 2.11. The molecule has 6 nitrogen and oxygen atoms in total. The predicted octanol–water partition coefficient (Wildman–Crippen LogP) is 2.94. The highest BCUT2D eigenvalue weighted by Crippen LogP contribution is 2.20. The summed E-state index contributed by atoms with van der Waals surface area (Å²) in [5.41, 5.74) is 1.74. The SMILES string of the molecule is CC(NCCn1c(=O)oc2cccnc21)c1cccc(OC(F)F)c1. The normalized spacial score (nSPS) is 12.6. The number of nitrogens with zero attached hydrogens (tertiary/aromatic N) is 2. The van der Waals surface area contributed by atoms with Crippen molar-refractivity contribution >= 4 is 11.2 Å². The van der Waals surface area contributed by atoms with E-state index in [-0.39, 0.29) is 11.8 Å². The minimum atomic E-state index is -2.85. The summed E-state index contributed by atoms with van der Waals surface area (Å²) in [5, 5.41) is 3.24. The lowest BCUT2D eigenvalue weighted by Crippen LogP contribution is -2.26. The highest BCUT2D eigenvalue weighted by molar-refractivity contribution is 5.67. The number of hydrogen-bond acceptors (Lipinski definition) is 5. The molecule has 0 saturated heterocycles. The van der Waals surface area contributed by atoms with Gasteiger partial charge in [0.25, 0.3) is 0 Å². The largest absolute Gasteiger partial charge is 0.435 e. The summed E-state index contributed by atoms with van der Waals surface area (Å²) in [6.45, 7) is -0.102. The average molecular weight is 349 g/mol. The predicted molar refractivity (Wildman–Crippen MR) is 87.8 cm³/mol. The first kappa shape index (κ1) is 17.1. The number of fused-ring (bicyclic) bond motifs is 1. The van der Waals surface area contributed by atoms with Gasteiger partial charge in [-0.15, -0.1) is 0 Å². The number of pyridine rings is 1. The van der Waals surface area contributed by atoms with Crippen molar-refractivity contribution < 1.29 is 17.9 Å². The van der Waals surface area contributed by atoms with Crippen molar-refractivity contribution in [1.29, 1.82) is 0 Å². The summed E-state index contributed by atoms with van der Waals surface area (Å²) in [4.78, 5) is 16.0. The van der Waals surface area contributed by atoms with Crippen molar-refractivity contribution in [3.63, 3.8) is 0 Å². The minimum Gasteiger partial charge on any atom is -0.435 e. The molecule has 0 aliphatic heterocycles. The zero-order valence-electron chi connectivity index (χ0n) is 13.5. The number of rotatable bonds is 7. The summed E-state index contributed by atoms with van der Waals surface area (Å²) >= 11 is 0. The number of oxazole rings is 1. The van der Waals surface area contributed by atoms with Gasteiger partial charge in [-0.25, -0.2) is 9.78 Å². The zero-order chi connectivity index (χ0) is 17.8. The third-order valence-corrected chi connectivity index (χ3v) is 3.79. The van der Waals surface area contributed by atoms with Gasteiger partial charge in [-0.1, -0.05) is 12.1 Å². The van der Waals surface area contributed by atoms with Crippen molar-refractivity contribution in [2.45, 2.75) is 26.1 Å². The number of alkyl halides is 2. The number of ether oxygens (including phenoxy) is 1. The molecule has 1 aromatic carbocycles. The lowest BCUT2D eigenvalue weighted by Gasteiger charge is -2.15. The summed E-state index contributed by atoms with van der Waals surface area (Å²) < 4.78 is 35.6. The second-order valence-electron chi connectivity index (χ2n) is 5.47. The van der Waals surface area contributed by atoms with Crippen molar-refractivity contribution in [3.8, 4) is 5.75 Å². The van der Waals surface area contributed by atoms with E-state index >= 15 is 0 Å². The van der Waals surface area contributed by atoms with Crippen LogP contribution in [0.3, 0.4) is 0 Å². The second kappa shape index (κ2) is 7.43. The third kappa shape index (κ3) is 4.03. The smallest absolute Gasteiger partial charge is 0.421 e. The van der Waals surface area contributed by atoms with Gasteiger partial charge >= 0.3 is 12.4 Å². The van der Waals surface area contributed by atoms with Crippen LogP contribution >= 0.6 is 0 Å². The van der Waals surface area contributed by atoms with E-state index in [0.29, 0.717) is 24.3 Å². The summed E-state index contributed by atoms with van der Waals surface area (Å²) in [5.74, 6) is -0.349. The number of nitrogens with one attached hydrogen (secondary N) is 1. The molecule has 1 atom stereocenters. The fourth-order valence-electron chi connectivity index (χ4n) is 2.57. The molecule has 1 unspecified atom stereocenters. The first-order valence-corrected chi connectivity index (χ1v) is 7.77. The molecule has 132 valence electrons. The van der Waals surface area contributed by atoms with Crippen LogP contribution in [0, 0.1) is 0 Å². The van der Waals surface area contributed by atoms with Crippen molar-refractivity contribution in [2.24, 2.45) is 0 Å². The Bertz CT molecular complexity index is 907. The van der Waals surface area contributed by atoms with E-state index in [2.05, 4.69) is 15.0 Å². The lowest BCUT2D eigenvalue weighted by atomic mass is 10.1. The molecule has 1 N–H and O–H groups in total. The van der Waals surface area contributed by atoms with Gasteiger partial charge in [-0.2, -0.15) is 8.78 Å². The Hall–Kier alpha value is -2.74. The van der Waals surface area contributed by atoms with Crippen LogP contribution in [-0.4, -0.2) is 22.7 Å². The van der Waals surface area contributed by atoms with E-state index in [9.17, 15) is 13.6 Å². The van der Waals surface area contributed by atoms with E-state index in [0.717, 1.165) is 5.56 Å². The molecule has 2 aromatic heterocycles. The van der Waals surface area contributed by atoms with Crippen LogP contribution < -0.4 is 15.8 Å². The molecule has 0 radical (unpaired) electrons. The maximum Gasteiger partial charge on any atom is 0.421 e. The fourth-order valence-corrected chi connectivity index (χ4v) is 2.57. The molecular formula is C17H17F2N3O3. The third-order valence-electron chi connectivity index (χ3n) is 3.79. The molecule has 8 heteroatoms. The molecule has 3 rings (SSSR count). The first-order chi connectivity index (χ1) is 12.0. The Morgan fingerprint density at radius 1 is 1.32 bits per heavy atom. The maximum absolute atomic E-state index is 12.3. The summed E-state index contributed by atoms with van der Waals surface area (Å²) in [6, 6.07) is 9.79. The van der Waals surface area contributed by atoms with E-state index in [1.807, 2.05) is 13.0 Å². The lowest BCUT2D eigenvalue weighted by molar-refractivity contribution is -0.0499. The molecule has 0 amide bonds. The van der Waals surface area contributed by atoms with Crippen molar-refractivity contribution in [3.05, 3.63) is 58.7 Å². The van der Waals surface area contributed by atoms with Gasteiger partial charge in [0.2, 0.25) is 0 Å². The van der Waals surface area contributed by atoms with Crippen LogP contribution in [0.25, 0.3) is 11.2 Å². The molecular weight excluding hydrogens is 332 g/mol. The Morgan fingerprint density at radius 2 is 2.16 bits per heavy atom. The van der Waals surface area contributed by atoms with Gasteiger partial charge in [0.05, 0.1) is 0 Å². The van der Waals surface area contributed by atoms with Gasteiger partial charge in [0.15, 0.2) is 11.2 Å². The van der Waals surface area contributed by atoms with Gasteiger partial charge in [0.1, 0.15) is 5.75 Å². The number of hydrogen-bond donors (Lipinski definition) is 1. The summed E-state index contributed by atoms with van der Waals surface area (Å²) in [6.07, 6.45) is 1.60. The van der Waals surface area contributed by atoms with Crippen molar-refractivity contribution in [2.75, 3.05) is 6.54 Å².